The Hall–Kier alpha value is -3.20. The molecule has 0 spiro atoms. The van der Waals surface area contributed by atoms with E-state index >= 15 is 0 Å². The number of aryl methyl sites for hydroxylation is 2. The van der Waals surface area contributed by atoms with Gasteiger partial charge in [0.25, 0.3) is 0 Å². The molecule has 0 aliphatic carbocycles. The van der Waals surface area contributed by atoms with Crippen LogP contribution < -0.4 is 0 Å². The van der Waals surface area contributed by atoms with Gasteiger partial charge in [-0.15, -0.1) is 0 Å². The van der Waals surface area contributed by atoms with Gasteiger partial charge in [-0.05, 0) is 36.1 Å². The molecule has 0 amide bonds. The standard InChI is InChI=1S/C24H21N3/c1-3-16-9-7-10-17(4-2)22(16)21-15-26-24-19-12-6-5-11-18(19)23-20(27(21)24)13-8-14-25-23/h5-15H,3-4H2,1-2H3. The Kier molecular flexibility index (Phi) is 3.68. The molecule has 3 heteroatoms. The van der Waals surface area contributed by atoms with E-state index in [1.807, 2.05) is 18.5 Å². The van der Waals surface area contributed by atoms with Crippen LogP contribution in [0.5, 0.6) is 0 Å². The molecule has 3 heterocycles. The van der Waals surface area contributed by atoms with E-state index in [2.05, 4.69) is 66.8 Å². The van der Waals surface area contributed by atoms with Gasteiger partial charge in [0.05, 0.1) is 22.9 Å². The summed E-state index contributed by atoms with van der Waals surface area (Å²) >= 11 is 0. The minimum atomic E-state index is 0.994. The third-order valence-corrected chi connectivity index (χ3v) is 5.47. The molecule has 0 fully saturated rings. The topological polar surface area (TPSA) is 30.2 Å². The number of imidazole rings is 1. The fraction of sp³-hybridized carbons (Fsp3) is 0.167. The summed E-state index contributed by atoms with van der Waals surface area (Å²) in [5.41, 5.74) is 8.31. The van der Waals surface area contributed by atoms with Crippen molar-refractivity contribution in [1.29, 1.82) is 0 Å². The van der Waals surface area contributed by atoms with Gasteiger partial charge < -0.3 is 0 Å². The van der Waals surface area contributed by atoms with Crippen molar-refractivity contribution in [1.82, 2.24) is 14.4 Å². The molecule has 3 nitrogen and oxygen atoms in total. The number of fused-ring (bicyclic) bond motifs is 6. The lowest BCUT2D eigenvalue weighted by Gasteiger charge is -2.15. The van der Waals surface area contributed by atoms with E-state index in [1.165, 1.54) is 16.7 Å². The normalized spacial score (nSPS) is 11.6. The highest BCUT2D eigenvalue weighted by Gasteiger charge is 2.17. The molecule has 0 bridgehead atoms. The van der Waals surface area contributed by atoms with Crippen LogP contribution in [0.1, 0.15) is 25.0 Å². The Bertz CT molecular complexity index is 1280. The Labute approximate surface area is 158 Å². The van der Waals surface area contributed by atoms with Crippen LogP contribution in [0.4, 0.5) is 0 Å². The lowest BCUT2D eigenvalue weighted by molar-refractivity contribution is 1.08. The molecule has 132 valence electrons. The molecule has 2 aromatic carbocycles. The second-order valence-corrected chi connectivity index (χ2v) is 6.88. The van der Waals surface area contributed by atoms with Gasteiger partial charge in [0, 0.05) is 22.5 Å². The number of hydrogen-bond acceptors (Lipinski definition) is 2. The maximum Gasteiger partial charge on any atom is 0.145 e. The molecular formula is C24H21N3. The van der Waals surface area contributed by atoms with Crippen LogP contribution in [0.25, 0.3) is 38.7 Å². The van der Waals surface area contributed by atoms with E-state index in [1.54, 1.807) is 0 Å². The first-order valence-corrected chi connectivity index (χ1v) is 9.57. The maximum absolute atomic E-state index is 4.86. The highest BCUT2D eigenvalue weighted by Crippen LogP contribution is 2.35. The Morgan fingerprint density at radius 2 is 1.52 bits per heavy atom. The van der Waals surface area contributed by atoms with E-state index < -0.39 is 0 Å². The zero-order valence-electron chi connectivity index (χ0n) is 15.6. The lowest BCUT2D eigenvalue weighted by Crippen LogP contribution is -1.99. The second kappa shape index (κ2) is 6.20. The average molecular weight is 351 g/mol. The van der Waals surface area contributed by atoms with E-state index in [0.717, 1.165) is 46.0 Å². The SMILES string of the molecule is CCc1cccc(CC)c1-c1cnc2c3ccccc3c3ncccc3n12. The van der Waals surface area contributed by atoms with Crippen LogP contribution in [-0.4, -0.2) is 14.4 Å². The molecule has 0 saturated carbocycles. The summed E-state index contributed by atoms with van der Waals surface area (Å²) in [6, 6.07) is 19.2. The van der Waals surface area contributed by atoms with Crippen LogP contribution in [0.15, 0.2) is 67.0 Å². The third-order valence-electron chi connectivity index (χ3n) is 5.47. The van der Waals surface area contributed by atoms with Crippen LogP contribution in [0.2, 0.25) is 0 Å². The Morgan fingerprint density at radius 3 is 2.26 bits per heavy atom. The van der Waals surface area contributed by atoms with Gasteiger partial charge >= 0.3 is 0 Å². The number of aromatic nitrogens is 3. The molecule has 27 heavy (non-hydrogen) atoms. The van der Waals surface area contributed by atoms with Crippen LogP contribution >= 0.6 is 0 Å². The predicted octanol–water partition coefficient (Wildman–Crippen LogP) is 5.83. The van der Waals surface area contributed by atoms with Gasteiger partial charge in [-0.2, -0.15) is 0 Å². The fourth-order valence-corrected chi connectivity index (χ4v) is 4.20. The molecule has 5 aromatic rings. The molecule has 0 atom stereocenters. The summed E-state index contributed by atoms with van der Waals surface area (Å²) < 4.78 is 2.29. The molecule has 5 rings (SSSR count). The fourth-order valence-electron chi connectivity index (χ4n) is 4.20. The summed E-state index contributed by atoms with van der Waals surface area (Å²) in [6.07, 6.45) is 5.90. The summed E-state index contributed by atoms with van der Waals surface area (Å²) in [5.74, 6) is 0. The van der Waals surface area contributed by atoms with Crippen molar-refractivity contribution in [2.45, 2.75) is 26.7 Å². The summed E-state index contributed by atoms with van der Waals surface area (Å²) in [6.45, 7) is 4.44. The molecule has 0 aliphatic heterocycles. The molecule has 3 aromatic heterocycles. The molecule has 0 N–H and O–H groups in total. The molecular weight excluding hydrogens is 330 g/mol. The first kappa shape index (κ1) is 16.0. The third kappa shape index (κ3) is 2.28. The van der Waals surface area contributed by atoms with Crippen molar-refractivity contribution >= 4 is 27.5 Å². The minimum absolute atomic E-state index is 0.994. The number of benzene rings is 2. The van der Waals surface area contributed by atoms with E-state index in [4.69, 9.17) is 9.97 Å². The van der Waals surface area contributed by atoms with Crippen LogP contribution in [-0.2, 0) is 12.8 Å². The molecule has 0 unspecified atom stereocenters. The predicted molar refractivity (Wildman–Crippen MR) is 112 cm³/mol. The Balaban J connectivity index is 2.01. The van der Waals surface area contributed by atoms with Gasteiger partial charge in [-0.25, -0.2) is 4.98 Å². The summed E-state index contributed by atoms with van der Waals surface area (Å²) in [7, 11) is 0. The van der Waals surface area contributed by atoms with Gasteiger partial charge in [-0.3, -0.25) is 9.38 Å². The smallest absolute Gasteiger partial charge is 0.145 e. The zero-order valence-corrected chi connectivity index (χ0v) is 15.6. The van der Waals surface area contributed by atoms with E-state index in [9.17, 15) is 0 Å². The van der Waals surface area contributed by atoms with Crippen molar-refractivity contribution in [3.8, 4) is 11.3 Å². The monoisotopic (exact) mass is 351 g/mol. The number of hydrogen-bond donors (Lipinski definition) is 0. The number of nitrogens with zero attached hydrogens (tertiary/aromatic N) is 3. The second-order valence-electron chi connectivity index (χ2n) is 6.88. The lowest BCUT2D eigenvalue weighted by atomic mass is 9.95. The maximum atomic E-state index is 4.86. The van der Waals surface area contributed by atoms with Gasteiger partial charge in [0.2, 0.25) is 0 Å². The zero-order chi connectivity index (χ0) is 18.4. The first-order chi connectivity index (χ1) is 13.3. The molecule has 0 radical (unpaired) electrons. The molecule has 0 aliphatic rings. The van der Waals surface area contributed by atoms with Crippen molar-refractivity contribution in [3.63, 3.8) is 0 Å². The molecule has 0 saturated heterocycles. The van der Waals surface area contributed by atoms with Gasteiger partial charge in [-0.1, -0.05) is 56.3 Å². The van der Waals surface area contributed by atoms with Crippen molar-refractivity contribution in [2.75, 3.05) is 0 Å². The minimum Gasteiger partial charge on any atom is -0.290 e. The van der Waals surface area contributed by atoms with Gasteiger partial charge in [0.15, 0.2) is 0 Å². The van der Waals surface area contributed by atoms with Crippen LogP contribution in [0, 0.1) is 0 Å². The largest absolute Gasteiger partial charge is 0.290 e. The highest BCUT2D eigenvalue weighted by atomic mass is 15.0. The van der Waals surface area contributed by atoms with Crippen molar-refractivity contribution in [2.24, 2.45) is 0 Å². The first-order valence-electron chi connectivity index (χ1n) is 9.57. The summed E-state index contributed by atoms with van der Waals surface area (Å²) in [4.78, 5) is 9.57. The van der Waals surface area contributed by atoms with E-state index in [-0.39, 0.29) is 0 Å². The van der Waals surface area contributed by atoms with E-state index in [0.29, 0.717) is 0 Å². The number of rotatable bonds is 3. The highest BCUT2D eigenvalue weighted by molar-refractivity contribution is 6.10. The quantitative estimate of drug-likeness (QED) is 0.383. The van der Waals surface area contributed by atoms with Crippen molar-refractivity contribution < 1.29 is 0 Å². The van der Waals surface area contributed by atoms with Gasteiger partial charge in [0.1, 0.15) is 5.65 Å². The van der Waals surface area contributed by atoms with Crippen molar-refractivity contribution in [3.05, 3.63) is 78.1 Å². The summed E-state index contributed by atoms with van der Waals surface area (Å²) in [5, 5.41) is 2.29. The average Bonchev–Trinajstić information content (AvgIpc) is 3.18. The van der Waals surface area contributed by atoms with Crippen LogP contribution in [0.3, 0.4) is 0 Å². The Morgan fingerprint density at radius 1 is 0.778 bits per heavy atom. The number of pyridine rings is 2.